The van der Waals surface area contributed by atoms with Gasteiger partial charge in [-0.25, -0.2) is 9.37 Å². The number of thiazole rings is 1. The molecule has 0 aliphatic carbocycles. The molecule has 2 heterocycles. The molecule has 0 spiro atoms. The number of nitrogens with two attached hydrogens (primary N) is 1. The van der Waals surface area contributed by atoms with E-state index in [9.17, 15) is 4.39 Å². The van der Waals surface area contributed by atoms with Gasteiger partial charge in [0.25, 0.3) is 0 Å². The second-order valence-electron chi connectivity index (χ2n) is 3.97. The van der Waals surface area contributed by atoms with Gasteiger partial charge >= 0.3 is 0 Å². The summed E-state index contributed by atoms with van der Waals surface area (Å²) in [5.74, 6) is -0.266. The van der Waals surface area contributed by atoms with Gasteiger partial charge in [-0.3, -0.25) is 4.98 Å². The van der Waals surface area contributed by atoms with Crippen molar-refractivity contribution in [2.75, 3.05) is 5.73 Å². The Labute approximate surface area is 113 Å². The van der Waals surface area contributed by atoms with E-state index in [0.29, 0.717) is 5.13 Å². The second-order valence-corrected chi connectivity index (χ2v) is 5.00. The lowest BCUT2D eigenvalue weighted by atomic mass is 10.1. The van der Waals surface area contributed by atoms with Crippen LogP contribution in [0.15, 0.2) is 48.8 Å². The summed E-state index contributed by atoms with van der Waals surface area (Å²) in [5.41, 5.74) is 8.43. The molecule has 0 unspecified atom stereocenters. The molecule has 5 heteroatoms. The van der Waals surface area contributed by atoms with Gasteiger partial charge in [-0.05, 0) is 42.0 Å². The fourth-order valence-corrected chi connectivity index (χ4v) is 2.70. The predicted octanol–water partition coefficient (Wildman–Crippen LogP) is 3.59. The first-order chi connectivity index (χ1) is 9.24. The lowest BCUT2D eigenvalue weighted by Gasteiger charge is -2.02. The molecule has 2 N–H and O–H groups in total. The summed E-state index contributed by atoms with van der Waals surface area (Å²) < 4.78 is 13.0. The molecule has 1 aromatic carbocycles. The van der Waals surface area contributed by atoms with Crippen LogP contribution in [-0.2, 0) is 0 Å². The van der Waals surface area contributed by atoms with Gasteiger partial charge in [-0.15, -0.1) is 0 Å². The molecular weight excluding hydrogens is 261 g/mol. The highest BCUT2D eigenvalue weighted by molar-refractivity contribution is 7.19. The Bertz CT molecular complexity index is 692. The van der Waals surface area contributed by atoms with Crippen LogP contribution in [0.3, 0.4) is 0 Å². The Balaban J connectivity index is 2.15. The second kappa shape index (κ2) is 4.78. The molecule has 0 bridgehead atoms. The van der Waals surface area contributed by atoms with E-state index in [1.54, 1.807) is 24.5 Å². The molecule has 3 nitrogen and oxygen atoms in total. The maximum atomic E-state index is 13.0. The number of benzene rings is 1. The van der Waals surface area contributed by atoms with Crippen LogP contribution in [-0.4, -0.2) is 9.97 Å². The summed E-state index contributed by atoms with van der Waals surface area (Å²) in [6, 6.07) is 10.0. The monoisotopic (exact) mass is 271 g/mol. The van der Waals surface area contributed by atoms with E-state index in [2.05, 4.69) is 9.97 Å². The maximum absolute atomic E-state index is 13.0. The topological polar surface area (TPSA) is 51.8 Å². The maximum Gasteiger partial charge on any atom is 0.181 e. The molecule has 2 aromatic heterocycles. The van der Waals surface area contributed by atoms with E-state index in [1.165, 1.54) is 23.5 Å². The minimum absolute atomic E-state index is 0.266. The summed E-state index contributed by atoms with van der Waals surface area (Å²) >= 11 is 1.41. The number of nitrogens with zero attached hydrogens (tertiary/aromatic N) is 2. The number of nitrogen functional groups attached to an aromatic ring is 1. The molecule has 0 amide bonds. The van der Waals surface area contributed by atoms with Crippen molar-refractivity contribution in [3.8, 4) is 21.7 Å². The standard InChI is InChI=1S/C14H10FN3S/c15-11-3-1-9(2-4-11)12-13(19-14(16)18-12)10-5-7-17-8-6-10/h1-8H,(H2,16,18). The zero-order chi connectivity index (χ0) is 13.2. The third-order valence-electron chi connectivity index (χ3n) is 2.70. The fourth-order valence-electron chi connectivity index (χ4n) is 1.84. The van der Waals surface area contributed by atoms with Gasteiger partial charge in [0, 0.05) is 18.0 Å². The Hall–Kier alpha value is -2.27. The van der Waals surface area contributed by atoms with E-state index >= 15 is 0 Å². The smallest absolute Gasteiger partial charge is 0.181 e. The molecular formula is C14H10FN3S. The summed E-state index contributed by atoms with van der Waals surface area (Å²) in [6.07, 6.45) is 3.44. The van der Waals surface area contributed by atoms with Crippen molar-refractivity contribution in [3.63, 3.8) is 0 Å². The van der Waals surface area contributed by atoms with Crippen LogP contribution in [0.5, 0.6) is 0 Å². The Morgan fingerprint density at radius 1 is 0.947 bits per heavy atom. The number of halogens is 1. The van der Waals surface area contributed by atoms with Crippen molar-refractivity contribution < 1.29 is 4.39 Å². The largest absolute Gasteiger partial charge is 0.375 e. The first-order valence-corrected chi connectivity index (χ1v) is 6.48. The van der Waals surface area contributed by atoms with Gasteiger partial charge in [-0.1, -0.05) is 11.3 Å². The van der Waals surface area contributed by atoms with Crippen molar-refractivity contribution in [1.82, 2.24) is 9.97 Å². The number of hydrogen-bond acceptors (Lipinski definition) is 4. The Kier molecular flexibility index (Phi) is 2.97. The van der Waals surface area contributed by atoms with Crippen molar-refractivity contribution >= 4 is 16.5 Å². The highest BCUT2D eigenvalue weighted by atomic mass is 32.1. The summed E-state index contributed by atoms with van der Waals surface area (Å²) in [7, 11) is 0. The summed E-state index contributed by atoms with van der Waals surface area (Å²) in [6.45, 7) is 0. The molecule has 0 saturated carbocycles. The molecule has 0 aliphatic rings. The molecule has 3 rings (SSSR count). The van der Waals surface area contributed by atoms with Crippen molar-refractivity contribution in [1.29, 1.82) is 0 Å². The van der Waals surface area contributed by atoms with Crippen LogP contribution in [0.2, 0.25) is 0 Å². The van der Waals surface area contributed by atoms with E-state index in [1.807, 2.05) is 12.1 Å². The van der Waals surface area contributed by atoms with Crippen LogP contribution in [0.4, 0.5) is 9.52 Å². The van der Waals surface area contributed by atoms with Crippen LogP contribution in [0.25, 0.3) is 21.7 Å². The SMILES string of the molecule is Nc1nc(-c2ccc(F)cc2)c(-c2ccncc2)s1. The number of aromatic nitrogens is 2. The van der Waals surface area contributed by atoms with Crippen LogP contribution in [0.1, 0.15) is 0 Å². The number of rotatable bonds is 2. The molecule has 3 aromatic rings. The van der Waals surface area contributed by atoms with Gasteiger partial charge in [-0.2, -0.15) is 0 Å². The average Bonchev–Trinajstić information content (AvgIpc) is 2.83. The van der Waals surface area contributed by atoms with Crippen molar-refractivity contribution in [2.45, 2.75) is 0 Å². The first-order valence-electron chi connectivity index (χ1n) is 5.66. The number of pyridine rings is 1. The van der Waals surface area contributed by atoms with Gasteiger partial charge in [0.05, 0.1) is 10.6 Å². The van der Waals surface area contributed by atoms with Crippen molar-refractivity contribution in [2.24, 2.45) is 0 Å². The minimum Gasteiger partial charge on any atom is -0.375 e. The minimum atomic E-state index is -0.266. The molecule has 0 radical (unpaired) electrons. The van der Waals surface area contributed by atoms with Gasteiger partial charge in [0.15, 0.2) is 5.13 Å². The number of hydrogen-bond donors (Lipinski definition) is 1. The fraction of sp³-hybridized carbons (Fsp3) is 0. The highest BCUT2D eigenvalue weighted by Gasteiger charge is 2.13. The third kappa shape index (κ3) is 2.32. The zero-order valence-corrected chi connectivity index (χ0v) is 10.7. The van der Waals surface area contributed by atoms with E-state index < -0.39 is 0 Å². The van der Waals surface area contributed by atoms with E-state index in [0.717, 1.165) is 21.7 Å². The average molecular weight is 271 g/mol. The predicted molar refractivity (Wildman–Crippen MR) is 75.2 cm³/mol. The molecule has 19 heavy (non-hydrogen) atoms. The molecule has 94 valence electrons. The third-order valence-corrected chi connectivity index (χ3v) is 3.64. The number of anilines is 1. The lowest BCUT2D eigenvalue weighted by molar-refractivity contribution is 0.628. The molecule has 0 aliphatic heterocycles. The van der Waals surface area contributed by atoms with Gasteiger partial charge < -0.3 is 5.73 Å². The van der Waals surface area contributed by atoms with Gasteiger partial charge in [0.2, 0.25) is 0 Å². The Morgan fingerprint density at radius 3 is 2.32 bits per heavy atom. The van der Waals surface area contributed by atoms with Crippen LogP contribution >= 0.6 is 11.3 Å². The highest BCUT2D eigenvalue weighted by Crippen LogP contribution is 2.37. The normalized spacial score (nSPS) is 10.6. The Morgan fingerprint density at radius 2 is 1.63 bits per heavy atom. The summed E-state index contributed by atoms with van der Waals surface area (Å²) in [4.78, 5) is 9.30. The van der Waals surface area contributed by atoms with E-state index in [-0.39, 0.29) is 5.82 Å². The molecule has 0 saturated heterocycles. The van der Waals surface area contributed by atoms with Gasteiger partial charge in [0.1, 0.15) is 5.82 Å². The molecule has 0 atom stereocenters. The lowest BCUT2D eigenvalue weighted by Crippen LogP contribution is -1.85. The molecule has 0 fully saturated rings. The first kappa shape index (κ1) is 11.8. The van der Waals surface area contributed by atoms with Crippen molar-refractivity contribution in [3.05, 3.63) is 54.6 Å². The quantitative estimate of drug-likeness (QED) is 0.775. The van der Waals surface area contributed by atoms with E-state index in [4.69, 9.17) is 5.73 Å². The summed E-state index contributed by atoms with van der Waals surface area (Å²) in [5, 5.41) is 0.492. The van der Waals surface area contributed by atoms with Crippen LogP contribution in [0, 0.1) is 5.82 Å². The zero-order valence-electron chi connectivity index (χ0n) is 9.88. The van der Waals surface area contributed by atoms with Crippen LogP contribution < -0.4 is 5.73 Å².